The maximum absolute atomic E-state index is 5.91. The maximum Gasteiger partial charge on any atom is 0.119 e. The van der Waals surface area contributed by atoms with Crippen molar-refractivity contribution in [2.75, 3.05) is 20.3 Å². The third-order valence-corrected chi connectivity index (χ3v) is 9.84. The smallest absolute Gasteiger partial charge is 0.119 e. The summed E-state index contributed by atoms with van der Waals surface area (Å²) in [5.74, 6) is 0.891. The number of methoxy groups -OCH3 is 1. The summed E-state index contributed by atoms with van der Waals surface area (Å²) >= 11 is 0. The second-order valence-corrected chi connectivity index (χ2v) is 10.9. The Bertz CT molecular complexity index is 975. The van der Waals surface area contributed by atoms with Gasteiger partial charge in [0.25, 0.3) is 0 Å². The summed E-state index contributed by atoms with van der Waals surface area (Å²) in [6.07, 6.45) is 0.937. The zero-order valence-electron chi connectivity index (χ0n) is 18.2. The molecule has 4 aromatic rings. The first-order valence-electron chi connectivity index (χ1n) is 10.6. The standard InChI is InChI=1S/C28H28O2P.BrH/c1-29-20-21-30-25-13-11-12-24(22-25)23-31(26-14-5-2-6-15-26,27-16-7-3-8-17-27)28-18-9-4-10-19-28;/h2-19,22H,20-21,23H2,1H3;1H/q+1;/p-1. The molecule has 164 valence electrons. The molecular weight excluding hydrogens is 479 g/mol. The molecular formula is C28H28BrO2P. The molecule has 0 atom stereocenters. The Labute approximate surface area is 202 Å². The van der Waals surface area contributed by atoms with E-state index in [-0.39, 0.29) is 17.0 Å². The molecule has 0 saturated carbocycles. The normalized spacial score (nSPS) is 10.9. The molecule has 0 aliphatic carbocycles. The lowest BCUT2D eigenvalue weighted by atomic mass is 10.2. The lowest BCUT2D eigenvalue weighted by Gasteiger charge is -2.28. The van der Waals surface area contributed by atoms with Gasteiger partial charge in [0.05, 0.1) is 12.8 Å². The molecule has 0 aromatic heterocycles. The van der Waals surface area contributed by atoms with Crippen LogP contribution in [-0.2, 0) is 10.9 Å². The molecule has 0 aliphatic heterocycles. The highest BCUT2D eigenvalue weighted by atomic mass is 79.9. The fraction of sp³-hybridized carbons (Fsp3) is 0.143. The quantitative estimate of drug-likeness (QED) is 0.256. The average molecular weight is 507 g/mol. The number of benzene rings is 4. The monoisotopic (exact) mass is 506 g/mol. The van der Waals surface area contributed by atoms with Gasteiger partial charge in [0.2, 0.25) is 0 Å². The molecule has 0 bridgehead atoms. The summed E-state index contributed by atoms with van der Waals surface area (Å²) in [7, 11) is -0.214. The molecule has 32 heavy (non-hydrogen) atoms. The van der Waals surface area contributed by atoms with E-state index >= 15 is 0 Å². The van der Waals surface area contributed by atoms with Crippen LogP contribution >= 0.6 is 7.26 Å². The topological polar surface area (TPSA) is 18.5 Å². The fourth-order valence-corrected chi connectivity index (χ4v) is 8.25. The largest absolute Gasteiger partial charge is 1.00 e. The highest BCUT2D eigenvalue weighted by Crippen LogP contribution is 2.58. The minimum Gasteiger partial charge on any atom is -1.00 e. The Morgan fingerprint density at radius 2 is 1.09 bits per heavy atom. The van der Waals surface area contributed by atoms with Crippen molar-refractivity contribution in [1.29, 1.82) is 0 Å². The summed E-state index contributed by atoms with van der Waals surface area (Å²) in [6.45, 7) is 1.13. The first-order chi connectivity index (χ1) is 15.3. The molecule has 4 rings (SSSR count). The van der Waals surface area contributed by atoms with Gasteiger partial charge in [0.1, 0.15) is 35.5 Å². The van der Waals surface area contributed by atoms with Crippen LogP contribution in [0.4, 0.5) is 0 Å². The van der Waals surface area contributed by atoms with E-state index in [9.17, 15) is 0 Å². The van der Waals surface area contributed by atoms with Crippen LogP contribution in [0.2, 0.25) is 0 Å². The molecule has 4 heteroatoms. The van der Waals surface area contributed by atoms with Gasteiger partial charge in [-0.15, -0.1) is 0 Å². The predicted molar refractivity (Wildman–Crippen MR) is 133 cm³/mol. The van der Waals surface area contributed by atoms with Crippen molar-refractivity contribution in [2.45, 2.75) is 6.16 Å². The number of hydrogen-bond acceptors (Lipinski definition) is 2. The first kappa shape index (κ1) is 24.2. The Morgan fingerprint density at radius 3 is 1.56 bits per heavy atom. The van der Waals surface area contributed by atoms with Crippen LogP contribution < -0.4 is 37.6 Å². The average Bonchev–Trinajstić information content (AvgIpc) is 2.85. The molecule has 4 aromatic carbocycles. The molecule has 0 saturated heterocycles. The molecule has 0 amide bonds. The van der Waals surface area contributed by atoms with E-state index < -0.39 is 7.26 Å². The molecule has 0 radical (unpaired) electrons. The summed E-state index contributed by atoms with van der Waals surface area (Å²) in [6, 6.07) is 41.4. The number of rotatable bonds is 9. The second-order valence-electron chi connectivity index (χ2n) is 7.46. The summed E-state index contributed by atoms with van der Waals surface area (Å²) < 4.78 is 11.0. The second kappa shape index (κ2) is 12.0. The zero-order chi connectivity index (χ0) is 21.4. The van der Waals surface area contributed by atoms with Crippen molar-refractivity contribution in [3.8, 4) is 5.75 Å². The molecule has 0 N–H and O–H groups in total. The van der Waals surface area contributed by atoms with Gasteiger partial charge in [-0.2, -0.15) is 0 Å². The van der Waals surface area contributed by atoms with Gasteiger partial charge < -0.3 is 26.5 Å². The molecule has 0 spiro atoms. The van der Waals surface area contributed by atoms with Gasteiger partial charge >= 0.3 is 0 Å². The Morgan fingerprint density at radius 1 is 0.594 bits per heavy atom. The van der Waals surface area contributed by atoms with Gasteiger partial charge in [0.15, 0.2) is 0 Å². The minimum atomic E-state index is -1.91. The van der Waals surface area contributed by atoms with Gasteiger partial charge in [-0.1, -0.05) is 66.7 Å². The molecule has 0 aliphatic rings. The van der Waals surface area contributed by atoms with E-state index in [1.807, 2.05) is 6.07 Å². The Hall–Kier alpha value is -2.45. The van der Waals surface area contributed by atoms with Gasteiger partial charge in [-0.25, -0.2) is 0 Å². The van der Waals surface area contributed by atoms with Gasteiger partial charge in [0, 0.05) is 7.11 Å². The molecule has 2 nitrogen and oxygen atoms in total. The van der Waals surface area contributed by atoms with Crippen LogP contribution in [0.15, 0.2) is 115 Å². The molecule has 0 fully saturated rings. The van der Waals surface area contributed by atoms with Crippen LogP contribution in [0.3, 0.4) is 0 Å². The predicted octanol–water partition coefficient (Wildman–Crippen LogP) is 2.21. The fourth-order valence-electron chi connectivity index (χ4n) is 4.02. The van der Waals surface area contributed by atoms with E-state index in [1.165, 1.54) is 21.5 Å². The Balaban J connectivity index is 0.00000289. The summed E-state index contributed by atoms with van der Waals surface area (Å²) in [5, 5.41) is 4.16. The maximum atomic E-state index is 5.91. The molecule has 0 unspecified atom stereocenters. The van der Waals surface area contributed by atoms with Crippen molar-refractivity contribution in [1.82, 2.24) is 0 Å². The molecule has 0 heterocycles. The number of ether oxygens (including phenoxy) is 2. The van der Waals surface area contributed by atoms with Crippen LogP contribution in [0, 0.1) is 0 Å². The van der Waals surface area contributed by atoms with E-state index in [1.54, 1.807) is 7.11 Å². The highest BCUT2D eigenvalue weighted by Gasteiger charge is 2.45. The van der Waals surface area contributed by atoms with E-state index in [4.69, 9.17) is 9.47 Å². The van der Waals surface area contributed by atoms with E-state index in [0.29, 0.717) is 13.2 Å². The van der Waals surface area contributed by atoms with Crippen molar-refractivity contribution in [3.63, 3.8) is 0 Å². The third-order valence-electron chi connectivity index (χ3n) is 5.47. The van der Waals surface area contributed by atoms with Crippen molar-refractivity contribution in [3.05, 3.63) is 121 Å². The van der Waals surface area contributed by atoms with Crippen LogP contribution in [0.1, 0.15) is 5.56 Å². The SMILES string of the molecule is COCCOc1cccc(C[P+](c2ccccc2)(c2ccccc2)c2ccccc2)c1.[Br-]. The van der Waals surface area contributed by atoms with E-state index in [0.717, 1.165) is 11.9 Å². The van der Waals surface area contributed by atoms with Gasteiger partial charge in [-0.3, -0.25) is 0 Å². The van der Waals surface area contributed by atoms with Gasteiger partial charge in [-0.05, 0) is 54.1 Å². The van der Waals surface area contributed by atoms with Crippen LogP contribution in [-0.4, -0.2) is 20.3 Å². The zero-order valence-corrected chi connectivity index (χ0v) is 20.7. The summed E-state index contributed by atoms with van der Waals surface area (Å²) in [4.78, 5) is 0. The number of hydrogen-bond donors (Lipinski definition) is 0. The lowest BCUT2D eigenvalue weighted by Crippen LogP contribution is -3.00. The van der Waals surface area contributed by atoms with E-state index in [2.05, 4.69) is 109 Å². The van der Waals surface area contributed by atoms with Crippen LogP contribution in [0.5, 0.6) is 5.75 Å². The van der Waals surface area contributed by atoms with Crippen LogP contribution in [0.25, 0.3) is 0 Å². The lowest BCUT2D eigenvalue weighted by molar-refractivity contribution is -0.00000671. The highest BCUT2D eigenvalue weighted by molar-refractivity contribution is 7.95. The number of halogens is 1. The summed E-state index contributed by atoms with van der Waals surface area (Å²) in [5.41, 5.74) is 1.28. The Kier molecular flexibility index (Phi) is 9.05. The van der Waals surface area contributed by atoms with Crippen molar-refractivity contribution in [2.24, 2.45) is 0 Å². The van der Waals surface area contributed by atoms with Crippen molar-refractivity contribution >= 4 is 23.2 Å². The first-order valence-corrected chi connectivity index (χ1v) is 12.6. The minimum absolute atomic E-state index is 0. The van der Waals surface area contributed by atoms with Crippen molar-refractivity contribution < 1.29 is 26.5 Å². The third kappa shape index (κ3) is 5.48.